The van der Waals surface area contributed by atoms with Crippen LogP contribution in [0.25, 0.3) is 0 Å². The summed E-state index contributed by atoms with van der Waals surface area (Å²) in [7, 11) is 1.54. The molecule has 106 valence electrons. The Morgan fingerprint density at radius 1 is 1.53 bits per heavy atom. The number of methoxy groups -OCH3 is 1. The molecule has 0 aromatic heterocycles. The highest BCUT2D eigenvalue weighted by Crippen LogP contribution is 2.23. The highest BCUT2D eigenvalue weighted by atomic mass is 19.1. The van der Waals surface area contributed by atoms with Gasteiger partial charge in [0, 0.05) is 25.8 Å². The van der Waals surface area contributed by atoms with E-state index in [-0.39, 0.29) is 18.2 Å². The van der Waals surface area contributed by atoms with Gasteiger partial charge in [0.1, 0.15) is 0 Å². The summed E-state index contributed by atoms with van der Waals surface area (Å²) in [5, 5.41) is 2.62. The maximum absolute atomic E-state index is 13.6. The summed E-state index contributed by atoms with van der Waals surface area (Å²) in [4.78, 5) is 11.7. The zero-order valence-corrected chi connectivity index (χ0v) is 11.1. The van der Waals surface area contributed by atoms with Crippen LogP contribution < -0.4 is 15.8 Å². The van der Waals surface area contributed by atoms with Crippen LogP contribution >= 0.6 is 0 Å². The Labute approximate surface area is 111 Å². The predicted octanol–water partition coefficient (Wildman–Crippen LogP) is 0.814. The molecule has 0 aliphatic carbocycles. The van der Waals surface area contributed by atoms with Crippen molar-refractivity contribution in [1.29, 1.82) is 0 Å². The molecule has 1 unspecified atom stereocenters. The Bertz CT molecular complexity index is 426. The average Bonchev–Trinajstić information content (AvgIpc) is 2.41. The fourth-order valence-corrected chi connectivity index (χ4v) is 1.50. The van der Waals surface area contributed by atoms with Crippen molar-refractivity contribution in [3.63, 3.8) is 0 Å². The SMILES string of the molecule is COCCNC(=O)C(C)Oc1c(F)cccc1CN. The van der Waals surface area contributed by atoms with Gasteiger partial charge in [0.2, 0.25) is 0 Å². The zero-order valence-electron chi connectivity index (χ0n) is 11.1. The van der Waals surface area contributed by atoms with Crippen molar-refractivity contribution in [1.82, 2.24) is 5.32 Å². The molecule has 0 spiro atoms. The number of carbonyl (C=O) groups excluding carboxylic acids is 1. The van der Waals surface area contributed by atoms with Crippen LogP contribution in [-0.2, 0) is 16.1 Å². The van der Waals surface area contributed by atoms with E-state index in [9.17, 15) is 9.18 Å². The van der Waals surface area contributed by atoms with E-state index < -0.39 is 11.9 Å². The highest BCUT2D eigenvalue weighted by Gasteiger charge is 2.18. The topological polar surface area (TPSA) is 73.6 Å². The Morgan fingerprint density at radius 2 is 2.26 bits per heavy atom. The number of rotatable bonds is 7. The van der Waals surface area contributed by atoms with Gasteiger partial charge in [-0.05, 0) is 13.0 Å². The van der Waals surface area contributed by atoms with Gasteiger partial charge in [-0.25, -0.2) is 4.39 Å². The molecule has 1 aromatic rings. The van der Waals surface area contributed by atoms with Crippen molar-refractivity contribution < 1.29 is 18.7 Å². The lowest BCUT2D eigenvalue weighted by Crippen LogP contribution is -2.38. The van der Waals surface area contributed by atoms with Crippen molar-refractivity contribution in [3.8, 4) is 5.75 Å². The summed E-state index contributed by atoms with van der Waals surface area (Å²) in [6.45, 7) is 2.48. The Morgan fingerprint density at radius 3 is 2.89 bits per heavy atom. The van der Waals surface area contributed by atoms with Gasteiger partial charge in [-0.2, -0.15) is 0 Å². The summed E-state index contributed by atoms with van der Waals surface area (Å²) in [5.41, 5.74) is 6.03. The molecule has 1 atom stereocenters. The number of benzene rings is 1. The fourth-order valence-electron chi connectivity index (χ4n) is 1.50. The van der Waals surface area contributed by atoms with Crippen molar-refractivity contribution in [3.05, 3.63) is 29.6 Å². The van der Waals surface area contributed by atoms with Crippen LogP contribution in [0.2, 0.25) is 0 Å². The van der Waals surface area contributed by atoms with Gasteiger partial charge < -0.3 is 20.5 Å². The van der Waals surface area contributed by atoms with Crippen molar-refractivity contribution in [2.24, 2.45) is 5.73 Å². The maximum Gasteiger partial charge on any atom is 0.260 e. The third-order valence-electron chi connectivity index (χ3n) is 2.54. The van der Waals surface area contributed by atoms with Crippen LogP contribution in [0.15, 0.2) is 18.2 Å². The molecule has 19 heavy (non-hydrogen) atoms. The van der Waals surface area contributed by atoms with Gasteiger partial charge in [-0.3, -0.25) is 4.79 Å². The van der Waals surface area contributed by atoms with Gasteiger partial charge in [0.05, 0.1) is 6.61 Å². The second-order valence-electron chi connectivity index (χ2n) is 3.98. The molecule has 0 saturated heterocycles. The highest BCUT2D eigenvalue weighted by molar-refractivity contribution is 5.80. The van der Waals surface area contributed by atoms with Gasteiger partial charge in [0.25, 0.3) is 5.91 Å². The maximum atomic E-state index is 13.6. The normalized spacial score (nSPS) is 12.0. The average molecular weight is 270 g/mol. The standard InChI is InChI=1S/C13H19FN2O3/c1-9(13(17)16-6-7-18-2)19-12-10(8-15)4-3-5-11(12)14/h3-5,9H,6-8,15H2,1-2H3,(H,16,17). The monoisotopic (exact) mass is 270 g/mol. The molecule has 0 heterocycles. The largest absolute Gasteiger partial charge is 0.477 e. The number of nitrogens with two attached hydrogens (primary N) is 1. The lowest BCUT2D eigenvalue weighted by atomic mass is 10.2. The molecule has 0 aliphatic rings. The van der Waals surface area contributed by atoms with Crippen LogP contribution in [0.1, 0.15) is 12.5 Å². The van der Waals surface area contributed by atoms with Gasteiger partial charge in [-0.15, -0.1) is 0 Å². The third-order valence-corrected chi connectivity index (χ3v) is 2.54. The molecule has 0 aliphatic heterocycles. The van der Waals surface area contributed by atoms with E-state index in [2.05, 4.69) is 5.32 Å². The lowest BCUT2D eigenvalue weighted by molar-refractivity contribution is -0.127. The molecular weight excluding hydrogens is 251 g/mol. The summed E-state index contributed by atoms with van der Waals surface area (Å²) in [6.07, 6.45) is -0.806. The molecule has 6 heteroatoms. The quantitative estimate of drug-likeness (QED) is 0.719. The van der Waals surface area contributed by atoms with E-state index in [1.807, 2.05) is 0 Å². The van der Waals surface area contributed by atoms with Crippen molar-refractivity contribution >= 4 is 5.91 Å². The van der Waals surface area contributed by atoms with E-state index in [1.165, 1.54) is 6.07 Å². The van der Waals surface area contributed by atoms with Crippen molar-refractivity contribution in [2.45, 2.75) is 19.6 Å². The molecule has 1 rings (SSSR count). The van der Waals surface area contributed by atoms with Crippen LogP contribution in [0, 0.1) is 5.82 Å². The third kappa shape index (κ3) is 4.50. The minimum Gasteiger partial charge on any atom is -0.477 e. The number of halogens is 1. The minimum atomic E-state index is -0.806. The Hall–Kier alpha value is -1.66. The lowest BCUT2D eigenvalue weighted by Gasteiger charge is -2.17. The molecule has 0 radical (unpaired) electrons. The predicted molar refractivity (Wildman–Crippen MR) is 69.3 cm³/mol. The number of nitrogens with one attached hydrogen (secondary N) is 1. The zero-order chi connectivity index (χ0) is 14.3. The minimum absolute atomic E-state index is 0.0272. The first-order valence-corrected chi connectivity index (χ1v) is 6.01. The second-order valence-corrected chi connectivity index (χ2v) is 3.98. The summed E-state index contributed by atoms with van der Waals surface area (Å²) in [6, 6.07) is 4.48. The molecule has 0 bridgehead atoms. The Kier molecular flexibility index (Phi) is 6.24. The Balaban J connectivity index is 2.66. The molecule has 1 aromatic carbocycles. The van der Waals surface area contributed by atoms with Gasteiger partial charge in [0.15, 0.2) is 17.7 Å². The molecule has 0 saturated carbocycles. The van der Waals surface area contributed by atoms with Gasteiger partial charge >= 0.3 is 0 Å². The van der Waals surface area contributed by atoms with E-state index in [4.69, 9.17) is 15.2 Å². The summed E-state index contributed by atoms with van der Waals surface area (Å²) < 4.78 is 23.8. The number of amides is 1. The summed E-state index contributed by atoms with van der Waals surface area (Å²) >= 11 is 0. The number of carbonyl (C=O) groups is 1. The molecule has 5 nitrogen and oxygen atoms in total. The molecule has 1 amide bonds. The van der Waals surface area contributed by atoms with Crippen LogP contribution in [-0.4, -0.2) is 32.3 Å². The number of hydrogen-bond acceptors (Lipinski definition) is 4. The first-order valence-electron chi connectivity index (χ1n) is 6.01. The van der Waals surface area contributed by atoms with Gasteiger partial charge in [-0.1, -0.05) is 12.1 Å². The fraction of sp³-hybridized carbons (Fsp3) is 0.462. The number of para-hydroxylation sites is 1. The first-order chi connectivity index (χ1) is 9.10. The van der Waals surface area contributed by atoms with Crippen LogP contribution in [0.3, 0.4) is 0 Å². The van der Waals surface area contributed by atoms with E-state index in [0.717, 1.165) is 0 Å². The second kappa shape index (κ2) is 7.70. The van der Waals surface area contributed by atoms with E-state index >= 15 is 0 Å². The first kappa shape index (κ1) is 15.4. The smallest absolute Gasteiger partial charge is 0.260 e. The number of hydrogen-bond donors (Lipinski definition) is 2. The van der Waals surface area contributed by atoms with Crippen LogP contribution in [0.5, 0.6) is 5.75 Å². The number of ether oxygens (including phenoxy) is 2. The van der Waals surface area contributed by atoms with E-state index in [1.54, 1.807) is 26.2 Å². The molecule has 3 N–H and O–H groups in total. The summed E-state index contributed by atoms with van der Waals surface area (Å²) in [5.74, 6) is -0.831. The molecular formula is C13H19FN2O3. The van der Waals surface area contributed by atoms with Crippen molar-refractivity contribution in [2.75, 3.05) is 20.3 Å². The van der Waals surface area contributed by atoms with E-state index in [0.29, 0.717) is 18.7 Å². The molecule has 0 fully saturated rings. The van der Waals surface area contributed by atoms with Crippen LogP contribution in [0.4, 0.5) is 4.39 Å².